The quantitative estimate of drug-likeness (QED) is 0.646. The Hall–Kier alpha value is -0.0200. The third kappa shape index (κ3) is 1.91. The number of Topliss-reactive ketones (excluding diaryl/α,β-unsaturated/α-hetero) is 1. The van der Waals surface area contributed by atoms with Crippen LogP contribution in [0, 0.1) is 5.92 Å². The highest BCUT2D eigenvalue weighted by Crippen LogP contribution is 2.40. The van der Waals surface area contributed by atoms with Gasteiger partial charge in [0, 0.05) is 18.3 Å². The number of hydrogen-bond acceptors (Lipinski definition) is 3. The van der Waals surface area contributed by atoms with Gasteiger partial charge in [-0.3, -0.25) is 4.79 Å². The van der Waals surface area contributed by atoms with E-state index in [0.717, 1.165) is 31.6 Å². The van der Waals surface area contributed by atoms with Crippen molar-refractivity contribution in [2.45, 2.75) is 31.8 Å². The molecule has 0 amide bonds. The molecule has 2 unspecified atom stereocenters. The van der Waals surface area contributed by atoms with Gasteiger partial charge in [-0.25, -0.2) is 0 Å². The third-order valence-corrected chi connectivity index (χ3v) is 4.36. The second-order valence-electron chi connectivity index (χ2n) is 4.13. The van der Waals surface area contributed by atoms with Gasteiger partial charge in [-0.1, -0.05) is 0 Å². The molecular weight excluding hydrogens is 184 g/mol. The Balaban J connectivity index is 2.02. The lowest BCUT2D eigenvalue weighted by Gasteiger charge is -2.36. The van der Waals surface area contributed by atoms with Crippen LogP contribution in [0.2, 0.25) is 0 Å². The minimum atomic E-state index is 0.0687. The zero-order valence-electron chi connectivity index (χ0n) is 8.04. The average molecular weight is 200 g/mol. The maximum Gasteiger partial charge on any atom is 0.133 e. The van der Waals surface area contributed by atoms with E-state index in [0.29, 0.717) is 5.78 Å². The highest BCUT2D eigenvalue weighted by molar-refractivity contribution is 7.99. The second kappa shape index (κ2) is 3.62. The van der Waals surface area contributed by atoms with Crippen molar-refractivity contribution in [2.75, 3.05) is 18.1 Å². The lowest BCUT2D eigenvalue weighted by atomic mass is 9.83. The fourth-order valence-electron chi connectivity index (χ4n) is 2.24. The molecule has 0 N–H and O–H groups in total. The first kappa shape index (κ1) is 9.53. The van der Waals surface area contributed by atoms with Gasteiger partial charge in [-0.15, -0.1) is 0 Å². The van der Waals surface area contributed by atoms with Crippen LogP contribution < -0.4 is 0 Å². The Kier molecular flexibility index (Phi) is 2.65. The summed E-state index contributed by atoms with van der Waals surface area (Å²) in [6.45, 7) is 2.50. The van der Waals surface area contributed by atoms with Gasteiger partial charge < -0.3 is 4.74 Å². The maximum absolute atomic E-state index is 11.3. The normalized spacial score (nSPS) is 39.6. The van der Waals surface area contributed by atoms with Crippen LogP contribution in [0.5, 0.6) is 0 Å². The van der Waals surface area contributed by atoms with Crippen molar-refractivity contribution in [2.24, 2.45) is 5.92 Å². The smallest absolute Gasteiger partial charge is 0.133 e. The summed E-state index contributed by atoms with van der Waals surface area (Å²) in [5.41, 5.74) is 0.0687. The average Bonchev–Trinajstić information content (AvgIpc) is 2.53. The molecule has 74 valence electrons. The van der Waals surface area contributed by atoms with E-state index in [1.807, 2.05) is 11.8 Å². The largest absolute Gasteiger partial charge is 0.374 e. The molecule has 0 aliphatic carbocycles. The van der Waals surface area contributed by atoms with E-state index in [9.17, 15) is 4.79 Å². The Labute approximate surface area is 83.4 Å². The SMILES string of the molecule is CC(=O)C1CCOC2(CCSC2)C1. The van der Waals surface area contributed by atoms with Crippen LogP contribution in [0.3, 0.4) is 0 Å². The summed E-state index contributed by atoms with van der Waals surface area (Å²) in [5.74, 6) is 2.91. The predicted octanol–water partition coefficient (Wildman–Crippen LogP) is 1.88. The van der Waals surface area contributed by atoms with Crippen molar-refractivity contribution in [3.05, 3.63) is 0 Å². The van der Waals surface area contributed by atoms with Crippen molar-refractivity contribution in [3.8, 4) is 0 Å². The Morgan fingerprint density at radius 1 is 1.62 bits per heavy atom. The number of ether oxygens (including phenoxy) is 1. The van der Waals surface area contributed by atoms with E-state index in [1.54, 1.807) is 6.92 Å². The number of ketones is 1. The molecule has 13 heavy (non-hydrogen) atoms. The summed E-state index contributed by atoms with van der Waals surface area (Å²) in [7, 11) is 0. The predicted molar refractivity (Wildman–Crippen MR) is 54.0 cm³/mol. The van der Waals surface area contributed by atoms with Gasteiger partial charge in [0.1, 0.15) is 5.78 Å². The Morgan fingerprint density at radius 2 is 2.46 bits per heavy atom. The van der Waals surface area contributed by atoms with Gasteiger partial charge in [-0.05, 0) is 31.9 Å². The van der Waals surface area contributed by atoms with Crippen LogP contribution in [0.25, 0.3) is 0 Å². The van der Waals surface area contributed by atoms with E-state index in [4.69, 9.17) is 4.74 Å². The summed E-state index contributed by atoms with van der Waals surface area (Å²) in [6.07, 6.45) is 3.04. The molecule has 2 fully saturated rings. The molecule has 2 aliphatic heterocycles. The van der Waals surface area contributed by atoms with Gasteiger partial charge in [-0.2, -0.15) is 11.8 Å². The minimum absolute atomic E-state index is 0.0687. The van der Waals surface area contributed by atoms with Crippen molar-refractivity contribution in [1.82, 2.24) is 0 Å². The molecule has 2 heterocycles. The first-order valence-electron chi connectivity index (χ1n) is 4.94. The van der Waals surface area contributed by atoms with Crippen molar-refractivity contribution < 1.29 is 9.53 Å². The topological polar surface area (TPSA) is 26.3 Å². The number of carbonyl (C=O) groups excluding carboxylic acids is 1. The molecule has 1 spiro atoms. The van der Waals surface area contributed by atoms with Gasteiger partial charge in [0.25, 0.3) is 0 Å². The summed E-state index contributed by atoms with van der Waals surface area (Å²) in [4.78, 5) is 11.3. The van der Waals surface area contributed by atoms with Crippen LogP contribution in [-0.4, -0.2) is 29.5 Å². The molecule has 2 nitrogen and oxygen atoms in total. The summed E-state index contributed by atoms with van der Waals surface area (Å²) < 4.78 is 5.83. The molecule has 2 atom stereocenters. The van der Waals surface area contributed by atoms with Gasteiger partial charge in [0.15, 0.2) is 0 Å². The fraction of sp³-hybridized carbons (Fsp3) is 0.900. The molecule has 2 saturated heterocycles. The highest BCUT2D eigenvalue weighted by Gasteiger charge is 2.41. The van der Waals surface area contributed by atoms with Crippen LogP contribution in [0.15, 0.2) is 0 Å². The van der Waals surface area contributed by atoms with Gasteiger partial charge >= 0.3 is 0 Å². The molecule has 2 rings (SSSR count). The molecule has 0 aromatic carbocycles. The zero-order valence-corrected chi connectivity index (χ0v) is 8.86. The Bertz CT molecular complexity index is 209. The van der Waals surface area contributed by atoms with Crippen LogP contribution in [0.4, 0.5) is 0 Å². The summed E-state index contributed by atoms with van der Waals surface area (Å²) in [5, 5.41) is 0. The fourth-order valence-corrected chi connectivity index (χ4v) is 3.62. The number of rotatable bonds is 1. The minimum Gasteiger partial charge on any atom is -0.374 e. The first-order chi connectivity index (χ1) is 6.22. The van der Waals surface area contributed by atoms with E-state index in [1.165, 1.54) is 5.75 Å². The number of thioether (sulfide) groups is 1. The van der Waals surface area contributed by atoms with E-state index >= 15 is 0 Å². The van der Waals surface area contributed by atoms with Gasteiger partial charge in [0.2, 0.25) is 0 Å². The molecule has 0 saturated carbocycles. The number of hydrogen-bond donors (Lipinski definition) is 0. The van der Waals surface area contributed by atoms with Crippen LogP contribution in [0.1, 0.15) is 26.2 Å². The molecule has 0 aromatic heterocycles. The van der Waals surface area contributed by atoms with Crippen molar-refractivity contribution in [1.29, 1.82) is 0 Å². The molecular formula is C10H16O2S. The van der Waals surface area contributed by atoms with E-state index in [2.05, 4.69) is 0 Å². The van der Waals surface area contributed by atoms with E-state index < -0.39 is 0 Å². The van der Waals surface area contributed by atoms with Gasteiger partial charge in [0.05, 0.1) is 5.60 Å². The molecule has 0 bridgehead atoms. The lowest BCUT2D eigenvalue weighted by molar-refractivity contribution is -0.131. The standard InChI is InChI=1S/C10H16O2S/c1-8(11)9-2-4-12-10(6-9)3-5-13-7-10/h9H,2-7H2,1H3. The van der Waals surface area contributed by atoms with Crippen molar-refractivity contribution in [3.63, 3.8) is 0 Å². The summed E-state index contributed by atoms with van der Waals surface area (Å²) in [6, 6.07) is 0. The molecule has 0 radical (unpaired) electrons. The monoisotopic (exact) mass is 200 g/mol. The molecule has 0 aromatic rings. The highest BCUT2D eigenvalue weighted by atomic mass is 32.2. The second-order valence-corrected chi connectivity index (χ2v) is 5.24. The Morgan fingerprint density at radius 3 is 3.08 bits per heavy atom. The lowest BCUT2D eigenvalue weighted by Crippen LogP contribution is -2.41. The van der Waals surface area contributed by atoms with Crippen LogP contribution in [-0.2, 0) is 9.53 Å². The van der Waals surface area contributed by atoms with Crippen molar-refractivity contribution >= 4 is 17.5 Å². The molecule has 2 aliphatic rings. The number of carbonyl (C=O) groups is 1. The van der Waals surface area contributed by atoms with Crippen LogP contribution >= 0.6 is 11.8 Å². The first-order valence-corrected chi connectivity index (χ1v) is 6.09. The zero-order chi connectivity index (χ0) is 9.31. The molecule has 3 heteroatoms. The third-order valence-electron chi connectivity index (χ3n) is 3.14. The summed E-state index contributed by atoms with van der Waals surface area (Å²) >= 11 is 1.96. The maximum atomic E-state index is 11.3. The van der Waals surface area contributed by atoms with E-state index in [-0.39, 0.29) is 11.5 Å².